The van der Waals surface area contributed by atoms with Gasteiger partial charge in [-0.25, -0.2) is 9.18 Å². The Balaban J connectivity index is 1.64. The molecular formula is C21H29FN4O4. The minimum Gasteiger partial charge on any atom is -0.444 e. The molecule has 0 bridgehead atoms. The molecule has 3 amide bonds. The Morgan fingerprint density at radius 2 is 1.87 bits per heavy atom. The van der Waals surface area contributed by atoms with Crippen molar-refractivity contribution in [3.8, 4) is 0 Å². The van der Waals surface area contributed by atoms with Gasteiger partial charge in [0, 0.05) is 38.3 Å². The maximum atomic E-state index is 14.9. The number of carbonyl (C=O) groups excluding carboxylic acids is 3. The number of piperazine rings is 1. The van der Waals surface area contributed by atoms with Crippen LogP contribution in [0, 0.1) is 12.7 Å². The second-order valence-electron chi connectivity index (χ2n) is 8.72. The Kier molecular flexibility index (Phi) is 6.19. The Morgan fingerprint density at radius 1 is 1.20 bits per heavy atom. The zero-order valence-electron chi connectivity index (χ0n) is 17.9. The van der Waals surface area contributed by atoms with Gasteiger partial charge in [-0.05, 0) is 51.8 Å². The highest BCUT2D eigenvalue weighted by molar-refractivity contribution is 6.01. The monoisotopic (exact) mass is 420 g/mol. The topological polar surface area (TPSA) is 91.0 Å². The van der Waals surface area contributed by atoms with E-state index < -0.39 is 23.4 Å². The lowest BCUT2D eigenvalue weighted by Gasteiger charge is -2.37. The predicted molar refractivity (Wildman–Crippen MR) is 111 cm³/mol. The average Bonchev–Trinajstić information content (AvgIpc) is 2.65. The molecule has 164 valence electrons. The lowest BCUT2D eigenvalue weighted by Crippen LogP contribution is -2.50. The van der Waals surface area contributed by atoms with Gasteiger partial charge in [0.25, 0.3) is 0 Å². The van der Waals surface area contributed by atoms with Gasteiger partial charge in [-0.15, -0.1) is 0 Å². The summed E-state index contributed by atoms with van der Waals surface area (Å²) in [5.41, 5.74) is 1.23. The average molecular weight is 420 g/mol. The number of amides is 3. The zero-order chi connectivity index (χ0) is 22.1. The molecule has 0 aromatic heterocycles. The molecule has 0 saturated carbocycles. The fourth-order valence-electron chi connectivity index (χ4n) is 3.54. The number of hydrogen-bond donors (Lipinski definition) is 2. The van der Waals surface area contributed by atoms with Crippen molar-refractivity contribution in [1.29, 1.82) is 0 Å². The number of nitrogens with one attached hydrogen (secondary N) is 2. The molecule has 1 aromatic carbocycles. The van der Waals surface area contributed by atoms with Gasteiger partial charge in [0.2, 0.25) is 11.8 Å². The van der Waals surface area contributed by atoms with Crippen molar-refractivity contribution in [3.63, 3.8) is 0 Å². The minimum atomic E-state index is -0.566. The van der Waals surface area contributed by atoms with Crippen LogP contribution >= 0.6 is 0 Å². The van der Waals surface area contributed by atoms with E-state index in [2.05, 4.69) is 10.6 Å². The molecule has 3 rings (SSSR count). The third-order valence-corrected chi connectivity index (χ3v) is 5.13. The van der Waals surface area contributed by atoms with E-state index in [1.807, 2.05) is 32.6 Å². The number of anilines is 2. The summed E-state index contributed by atoms with van der Waals surface area (Å²) >= 11 is 0. The van der Waals surface area contributed by atoms with E-state index in [0.29, 0.717) is 44.0 Å². The van der Waals surface area contributed by atoms with Crippen LogP contribution in [0.3, 0.4) is 0 Å². The molecule has 30 heavy (non-hydrogen) atoms. The van der Waals surface area contributed by atoms with Crippen LogP contribution in [0.25, 0.3) is 0 Å². The molecule has 2 heterocycles. The maximum Gasteiger partial charge on any atom is 0.410 e. The predicted octanol–water partition coefficient (Wildman–Crippen LogP) is 2.41. The van der Waals surface area contributed by atoms with E-state index in [-0.39, 0.29) is 18.4 Å². The molecule has 2 saturated heterocycles. The van der Waals surface area contributed by atoms with Crippen LogP contribution in [-0.4, -0.2) is 60.6 Å². The molecule has 0 radical (unpaired) electrons. The molecule has 1 aromatic rings. The van der Waals surface area contributed by atoms with Crippen LogP contribution in [0.4, 0.5) is 20.6 Å². The quantitative estimate of drug-likeness (QED) is 0.730. The van der Waals surface area contributed by atoms with Crippen LogP contribution in [-0.2, 0) is 14.3 Å². The number of ether oxygens (including phenoxy) is 1. The minimum absolute atomic E-state index is 0.255. The van der Waals surface area contributed by atoms with Crippen molar-refractivity contribution >= 4 is 29.3 Å². The van der Waals surface area contributed by atoms with E-state index in [9.17, 15) is 18.8 Å². The van der Waals surface area contributed by atoms with Crippen molar-refractivity contribution in [2.24, 2.45) is 0 Å². The van der Waals surface area contributed by atoms with E-state index in [1.54, 1.807) is 11.0 Å². The molecule has 0 spiro atoms. The zero-order valence-corrected chi connectivity index (χ0v) is 17.9. The second kappa shape index (κ2) is 8.49. The van der Waals surface area contributed by atoms with Gasteiger partial charge in [-0.3, -0.25) is 14.9 Å². The summed E-state index contributed by atoms with van der Waals surface area (Å²) in [5.74, 6) is -1.09. The Bertz CT molecular complexity index is 844. The summed E-state index contributed by atoms with van der Waals surface area (Å²) in [6, 6.07) is 2.56. The molecule has 1 atom stereocenters. The Hall–Kier alpha value is -2.84. The third kappa shape index (κ3) is 5.20. The number of hydrogen-bond acceptors (Lipinski definition) is 6. The SMILES string of the molecule is Cc1cc(N2CCN(C(=O)OC(C)(C)C)CC2)c(F)cc1NC1CCC(=O)NC1=O. The number of halogens is 1. The van der Waals surface area contributed by atoms with Crippen LogP contribution < -0.4 is 15.5 Å². The fourth-order valence-corrected chi connectivity index (χ4v) is 3.54. The van der Waals surface area contributed by atoms with Crippen molar-refractivity contribution in [1.82, 2.24) is 10.2 Å². The van der Waals surface area contributed by atoms with Crippen LogP contribution in [0.2, 0.25) is 0 Å². The summed E-state index contributed by atoms with van der Waals surface area (Å²) in [7, 11) is 0. The first-order valence-corrected chi connectivity index (χ1v) is 10.2. The first-order valence-electron chi connectivity index (χ1n) is 10.2. The van der Waals surface area contributed by atoms with Crippen LogP contribution in [0.5, 0.6) is 0 Å². The summed E-state index contributed by atoms with van der Waals surface area (Å²) in [6.07, 6.45) is 0.271. The van der Waals surface area contributed by atoms with Crippen molar-refractivity contribution < 1.29 is 23.5 Å². The molecule has 0 aliphatic carbocycles. The lowest BCUT2D eigenvalue weighted by molar-refractivity contribution is -0.133. The van der Waals surface area contributed by atoms with Gasteiger partial charge >= 0.3 is 6.09 Å². The van der Waals surface area contributed by atoms with Crippen LogP contribution in [0.15, 0.2) is 12.1 Å². The second-order valence-corrected chi connectivity index (χ2v) is 8.72. The summed E-state index contributed by atoms with van der Waals surface area (Å²) in [4.78, 5) is 39.0. The number of nitrogens with zero attached hydrogens (tertiary/aromatic N) is 2. The lowest BCUT2D eigenvalue weighted by atomic mass is 10.0. The van der Waals surface area contributed by atoms with E-state index in [1.165, 1.54) is 6.07 Å². The maximum absolute atomic E-state index is 14.9. The molecule has 2 aliphatic rings. The highest BCUT2D eigenvalue weighted by Crippen LogP contribution is 2.29. The van der Waals surface area contributed by atoms with Crippen molar-refractivity contribution in [3.05, 3.63) is 23.5 Å². The van der Waals surface area contributed by atoms with E-state index >= 15 is 0 Å². The molecule has 2 fully saturated rings. The number of carbonyl (C=O) groups is 3. The fraction of sp³-hybridized carbons (Fsp3) is 0.571. The number of imide groups is 1. The van der Waals surface area contributed by atoms with Gasteiger partial charge in [0.1, 0.15) is 17.5 Å². The summed E-state index contributed by atoms with van der Waals surface area (Å²) in [6.45, 7) is 9.20. The van der Waals surface area contributed by atoms with Gasteiger partial charge in [-0.1, -0.05) is 0 Å². The van der Waals surface area contributed by atoms with Gasteiger partial charge < -0.3 is 19.9 Å². The van der Waals surface area contributed by atoms with Gasteiger partial charge in [0.05, 0.1) is 5.69 Å². The van der Waals surface area contributed by atoms with Crippen molar-refractivity contribution in [2.75, 3.05) is 36.4 Å². The normalized spacial score (nSPS) is 20.1. The van der Waals surface area contributed by atoms with E-state index in [4.69, 9.17) is 4.74 Å². The molecule has 9 heteroatoms. The van der Waals surface area contributed by atoms with Gasteiger partial charge in [-0.2, -0.15) is 0 Å². The Morgan fingerprint density at radius 3 is 2.47 bits per heavy atom. The number of rotatable bonds is 3. The first kappa shape index (κ1) is 21.9. The third-order valence-electron chi connectivity index (χ3n) is 5.13. The summed E-state index contributed by atoms with van der Waals surface area (Å²) < 4.78 is 20.3. The number of benzene rings is 1. The smallest absolute Gasteiger partial charge is 0.410 e. The number of piperidine rings is 1. The largest absolute Gasteiger partial charge is 0.444 e. The number of aryl methyl sites for hydroxylation is 1. The van der Waals surface area contributed by atoms with Gasteiger partial charge in [0.15, 0.2) is 0 Å². The molecule has 2 N–H and O–H groups in total. The Labute approximate surface area is 175 Å². The molecule has 8 nitrogen and oxygen atoms in total. The highest BCUT2D eigenvalue weighted by atomic mass is 19.1. The van der Waals surface area contributed by atoms with Crippen molar-refractivity contribution in [2.45, 2.75) is 52.2 Å². The highest BCUT2D eigenvalue weighted by Gasteiger charge is 2.29. The molecule has 2 aliphatic heterocycles. The first-order chi connectivity index (χ1) is 14.0. The standard InChI is InChI=1S/C21H29FN4O4/c1-13-11-17(25-7-9-26(10-8-25)20(29)30-21(2,3)4)14(22)12-16(13)23-15-5-6-18(27)24-19(15)28/h11-12,15,23H,5-10H2,1-4H3,(H,24,27,28). The van der Waals surface area contributed by atoms with E-state index in [0.717, 1.165) is 5.56 Å². The molecule has 1 unspecified atom stereocenters. The summed E-state index contributed by atoms with van der Waals surface area (Å²) in [5, 5.41) is 5.33. The molecular weight excluding hydrogens is 391 g/mol. The van der Waals surface area contributed by atoms with Crippen LogP contribution in [0.1, 0.15) is 39.2 Å².